The Hall–Kier alpha value is -1.99. The maximum absolute atomic E-state index is 12.0. The van der Waals surface area contributed by atoms with E-state index in [-0.39, 0.29) is 17.6 Å². The van der Waals surface area contributed by atoms with Crippen LogP contribution < -0.4 is 10.2 Å². The molecule has 2 heterocycles. The lowest BCUT2D eigenvalue weighted by molar-refractivity contribution is -0.117. The average Bonchev–Trinajstić information content (AvgIpc) is 3.18. The van der Waals surface area contributed by atoms with Crippen molar-refractivity contribution in [1.82, 2.24) is 0 Å². The van der Waals surface area contributed by atoms with Crippen molar-refractivity contribution in [3.63, 3.8) is 0 Å². The Bertz CT molecular complexity index is 744. The number of carbonyl (C=O) groups excluding carboxylic acids is 2. The van der Waals surface area contributed by atoms with E-state index in [1.165, 1.54) is 11.3 Å². The molecule has 23 heavy (non-hydrogen) atoms. The highest BCUT2D eigenvalue weighted by atomic mass is 32.2. The lowest BCUT2D eigenvalue weighted by Gasteiger charge is -2.16. The van der Waals surface area contributed by atoms with Crippen molar-refractivity contribution in [3.05, 3.63) is 41.8 Å². The summed E-state index contributed by atoms with van der Waals surface area (Å²) in [5.41, 5.74) is 1.39. The Morgan fingerprint density at radius 1 is 1.30 bits per heavy atom. The molecule has 1 saturated heterocycles. The quantitative estimate of drug-likeness (QED) is 0.903. The number of rotatable bonds is 5. The Labute approximate surface area is 140 Å². The maximum Gasteiger partial charge on any atom is 0.237 e. The van der Waals surface area contributed by atoms with E-state index in [1.54, 1.807) is 29.2 Å². The van der Waals surface area contributed by atoms with Crippen LogP contribution in [0.1, 0.15) is 12.8 Å². The Kier molecular flexibility index (Phi) is 4.88. The molecule has 3 rings (SSSR count). The summed E-state index contributed by atoms with van der Waals surface area (Å²) < 4.78 is 12.7. The minimum Gasteiger partial charge on any atom is -0.325 e. The molecule has 0 bridgehead atoms. The monoisotopic (exact) mass is 348 g/mol. The van der Waals surface area contributed by atoms with E-state index in [1.807, 2.05) is 17.5 Å². The molecule has 1 aliphatic rings. The van der Waals surface area contributed by atoms with Crippen LogP contribution in [0.25, 0.3) is 0 Å². The summed E-state index contributed by atoms with van der Waals surface area (Å²) in [5.74, 6) is -0.276. The summed E-state index contributed by atoms with van der Waals surface area (Å²) in [6.07, 6.45) is 1.42. The van der Waals surface area contributed by atoms with Crippen LogP contribution in [0.15, 0.2) is 46.0 Å². The van der Waals surface area contributed by atoms with Crippen LogP contribution in [-0.4, -0.2) is 28.3 Å². The van der Waals surface area contributed by atoms with Crippen LogP contribution >= 0.6 is 11.3 Å². The lowest BCUT2D eigenvalue weighted by Crippen LogP contribution is -2.24. The highest BCUT2D eigenvalue weighted by Gasteiger charge is 2.21. The van der Waals surface area contributed by atoms with Crippen molar-refractivity contribution in [1.29, 1.82) is 0 Å². The van der Waals surface area contributed by atoms with Gasteiger partial charge in [0.2, 0.25) is 11.8 Å². The van der Waals surface area contributed by atoms with Crippen LogP contribution in [0.2, 0.25) is 0 Å². The smallest absolute Gasteiger partial charge is 0.237 e. The number of hydrogen-bond donors (Lipinski definition) is 1. The highest BCUT2D eigenvalue weighted by Crippen LogP contribution is 2.24. The standard InChI is InChI=1S/C16H16N2O3S2/c19-14(11-23(21)16-7-3-9-22-16)17-12-4-1-5-13(10-12)18-8-2-6-15(18)20/h1,3-5,7,9-10H,2,6,8,11H2,(H,17,19)/t23-/m0/s1. The van der Waals surface area contributed by atoms with Crippen molar-refractivity contribution >= 4 is 45.3 Å². The van der Waals surface area contributed by atoms with E-state index < -0.39 is 10.8 Å². The van der Waals surface area contributed by atoms with E-state index in [0.29, 0.717) is 22.9 Å². The molecule has 1 aromatic carbocycles. The molecule has 1 fully saturated rings. The Morgan fingerprint density at radius 2 is 2.17 bits per heavy atom. The second-order valence-electron chi connectivity index (χ2n) is 5.17. The van der Waals surface area contributed by atoms with E-state index in [4.69, 9.17) is 0 Å². The Morgan fingerprint density at radius 3 is 2.87 bits per heavy atom. The molecule has 0 saturated carbocycles. The van der Waals surface area contributed by atoms with Crippen molar-refractivity contribution in [2.45, 2.75) is 17.1 Å². The maximum atomic E-state index is 12.0. The predicted molar refractivity (Wildman–Crippen MR) is 92.3 cm³/mol. The molecule has 7 heteroatoms. The SMILES string of the molecule is O=C(C[S@](=O)c1cccs1)Nc1cccc(N2CCCC2=O)c1. The molecule has 5 nitrogen and oxygen atoms in total. The van der Waals surface area contributed by atoms with Gasteiger partial charge in [-0.1, -0.05) is 12.1 Å². The molecule has 120 valence electrons. The fourth-order valence-corrected chi connectivity index (χ4v) is 4.36. The van der Waals surface area contributed by atoms with E-state index in [9.17, 15) is 13.8 Å². The number of amides is 2. The zero-order chi connectivity index (χ0) is 16.2. The zero-order valence-electron chi connectivity index (χ0n) is 12.4. The van der Waals surface area contributed by atoms with Crippen molar-refractivity contribution in [2.24, 2.45) is 0 Å². The molecule has 0 radical (unpaired) electrons. The fraction of sp³-hybridized carbons (Fsp3) is 0.250. The van der Waals surface area contributed by atoms with Gasteiger partial charge < -0.3 is 10.2 Å². The molecule has 0 unspecified atom stereocenters. The summed E-state index contributed by atoms with van der Waals surface area (Å²) in [4.78, 5) is 25.5. The molecule has 1 aliphatic heterocycles. The first-order valence-electron chi connectivity index (χ1n) is 7.25. The number of nitrogens with zero attached hydrogens (tertiary/aromatic N) is 1. The van der Waals surface area contributed by atoms with Crippen LogP contribution in [0.3, 0.4) is 0 Å². The molecular weight excluding hydrogens is 332 g/mol. The fourth-order valence-electron chi connectivity index (χ4n) is 2.45. The van der Waals surface area contributed by atoms with Gasteiger partial charge in [-0.25, -0.2) is 0 Å². The molecular formula is C16H16N2O3S2. The molecule has 1 atom stereocenters. The number of hydrogen-bond acceptors (Lipinski definition) is 4. The molecule has 1 N–H and O–H groups in total. The first-order chi connectivity index (χ1) is 11.1. The van der Waals surface area contributed by atoms with Crippen LogP contribution in [0.4, 0.5) is 11.4 Å². The molecule has 2 amide bonds. The van der Waals surface area contributed by atoms with Crippen molar-refractivity contribution in [2.75, 3.05) is 22.5 Å². The van der Waals surface area contributed by atoms with Gasteiger partial charge in [0.1, 0.15) is 5.75 Å². The van der Waals surface area contributed by atoms with Crippen LogP contribution in [0, 0.1) is 0 Å². The van der Waals surface area contributed by atoms with Gasteiger partial charge in [0.05, 0.1) is 15.0 Å². The number of nitrogens with one attached hydrogen (secondary N) is 1. The summed E-state index contributed by atoms with van der Waals surface area (Å²) in [7, 11) is -1.33. The van der Waals surface area contributed by atoms with Gasteiger partial charge in [0, 0.05) is 24.3 Å². The molecule has 0 spiro atoms. The van der Waals surface area contributed by atoms with Gasteiger partial charge in [0.15, 0.2) is 0 Å². The third kappa shape index (κ3) is 3.86. The van der Waals surface area contributed by atoms with Gasteiger partial charge in [-0.2, -0.15) is 0 Å². The van der Waals surface area contributed by atoms with Gasteiger partial charge in [0.25, 0.3) is 0 Å². The Balaban J connectivity index is 1.64. The highest BCUT2D eigenvalue weighted by molar-refractivity contribution is 7.88. The number of benzene rings is 1. The predicted octanol–water partition coefficient (Wildman–Crippen LogP) is 2.62. The van der Waals surface area contributed by atoms with Gasteiger partial charge in [-0.3, -0.25) is 13.8 Å². The second kappa shape index (κ2) is 7.06. The van der Waals surface area contributed by atoms with Crippen molar-refractivity contribution in [3.8, 4) is 0 Å². The van der Waals surface area contributed by atoms with Crippen LogP contribution in [-0.2, 0) is 20.4 Å². The van der Waals surface area contributed by atoms with Gasteiger partial charge >= 0.3 is 0 Å². The lowest BCUT2D eigenvalue weighted by atomic mass is 10.2. The first-order valence-corrected chi connectivity index (χ1v) is 9.45. The summed E-state index contributed by atoms with van der Waals surface area (Å²) in [5, 5.41) is 4.58. The normalized spacial score (nSPS) is 15.7. The second-order valence-corrected chi connectivity index (χ2v) is 7.80. The number of anilines is 2. The summed E-state index contributed by atoms with van der Waals surface area (Å²) >= 11 is 1.37. The molecule has 1 aromatic heterocycles. The van der Waals surface area contributed by atoms with Gasteiger partial charge in [-0.15, -0.1) is 11.3 Å². The summed E-state index contributed by atoms with van der Waals surface area (Å²) in [6, 6.07) is 10.8. The molecule has 2 aromatic rings. The largest absolute Gasteiger partial charge is 0.325 e. The van der Waals surface area contributed by atoms with E-state index in [2.05, 4.69) is 5.32 Å². The van der Waals surface area contributed by atoms with Gasteiger partial charge in [-0.05, 0) is 36.1 Å². The minimum absolute atomic E-state index is 0.0760. The number of thiophene rings is 1. The summed E-state index contributed by atoms with van der Waals surface area (Å²) in [6.45, 7) is 0.707. The van der Waals surface area contributed by atoms with Crippen LogP contribution in [0.5, 0.6) is 0 Å². The third-order valence-electron chi connectivity index (χ3n) is 3.50. The first kappa shape index (κ1) is 15.9. The molecule has 0 aliphatic carbocycles. The van der Waals surface area contributed by atoms with E-state index >= 15 is 0 Å². The third-order valence-corrected chi connectivity index (χ3v) is 6.11. The number of carbonyl (C=O) groups is 2. The average molecular weight is 348 g/mol. The van der Waals surface area contributed by atoms with Crippen molar-refractivity contribution < 1.29 is 13.8 Å². The zero-order valence-corrected chi connectivity index (χ0v) is 14.0. The van der Waals surface area contributed by atoms with E-state index in [0.717, 1.165) is 12.1 Å². The minimum atomic E-state index is -1.33. The topological polar surface area (TPSA) is 66.5 Å².